The van der Waals surface area contributed by atoms with Gasteiger partial charge in [0.05, 0.1) is 0 Å². The number of hydrogen-bond donors (Lipinski definition) is 0. The Hall–Kier alpha value is -3.97. The second-order valence-corrected chi connectivity index (χ2v) is 6.76. The second-order valence-electron chi connectivity index (χ2n) is 6.76. The smallest absolute Gasteiger partial charge is 0.406 e. The Morgan fingerprint density at radius 1 is 0.818 bits per heavy atom. The Balaban J connectivity index is 1.51. The third kappa shape index (κ3) is 5.84. The maximum absolute atomic E-state index is 14.1. The van der Waals surface area contributed by atoms with Gasteiger partial charge in [0.1, 0.15) is 12.4 Å². The van der Waals surface area contributed by atoms with E-state index in [1.165, 1.54) is 28.7 Å². The van der Waals surface area contributed by atoms with Gasteiger partial charge in [-0.05, 0) is 47.5 Å². The maximum atomic E-state index is 14.1. The van der Waals surface area contributed by atoms with Crippen molar-refractivity contribution in [3.63, 3.8) is 0 Å². The summed E-state index contributed by atoms with van der Waals surface area (Å²) in [6, 6.07) is 16.8. The van der Waals surface area contributed by atoms with E-state index in [1.54, 1.807) is 54.6 Å². The number of pyridine rings is 1. The second kappa shape index (κ2) is 8.88. The largest absolute Gasteiger partial charge is 0.573 e. The van der Waals surface area contributed by atoms with E-state index in [9.17, 15) is 22.0 Å². The summed E-state index contributed by atoms with van der Waals surface area (Å²) in [5.74, 6) is 3.89. The van der Waals surface area contributed by atoms with Crippen LogP contribution in [0, 0.1) is 11.8 Å². The monoisotopic (exact) mass is 459 g/mol. The molecule has 0 amide bonds. The van der Waals surface area contributed by atoms with Gasteiger partial charge >= 0.3 is 12.5 Å². The standard InChI is InChI=1S/C23H14F5N3O2/c24-22(25,13-12-16-4-2-1-3-5-16)32-15-21-30-29-20-11-8-18(14-31(20)21)17-6-9-19(10-7-17)33-23(26,27)28/h1-11,14H,15H2. The Morgan fingerprint density at radius 2 is 1.52 bits per heavy atom. The van der Waals surface area contributed by atoms with Crippen LogP contribution in [-0.2, 0) is 11.3 Å². The molecule has 5 nitrogen and oxygen atoms in total. The van der Waals surface area contributed by atoms with Gasteiger partial charge in [-0.1, -0.05) is 36.3 Å². The molecule has 0 saturated carbocycles. The summed E-state index contributed by atoms with van der Waals surface area (Å²) in [6.45, 7) is -0.570. The first-order valence-electron chi connectivity index (χ1n) is 9.48. The van der Waals surface area contributed by atoms with Gasteiger partial charge < -0.3 is 9.47 Å². The topological polar surface area (TPSA) is 48.7 Å². The van der Waals surface area contributed by atoms with Gasteiger partial charge in [-0.3, -0.25) is 4.40 Å². The highest BCUT2D eigenvalue weighted by molar-refractivity contribution is 5.65. The predicted octanol–water partition coefficient (Wildman–Crippen LogP) is 5.46. The van der Waals surface area contributed by atoms with E-state index >= 15 is 0 Å². The van der Waals surface area contributed by atoms with Crippen molar-refractivity contribution in [2.24, 2.45) is 0 Å². The van der Waals surface area contributed by atoms with Gasteiger partial charge in [0.25, 0.3) is 0 Å². The molecule has 168 valence electrons. The van der Waals surface area contributed by atoms with Crippen molar-refractivity contribution in [1.82, 2.24) is 14.6 Å². The molecule has 4 aromatic rings. The molecule has 0 aliphatic carbocycles. The highest BCUT2D eigenvalue weighted by Crippen LogP contribution is 2.27. The van der Waals surface area contributed by atoms with Crippen LogP contribution in [0.4, 0.5) is 22.0 Å². The van der Waals surface area contributed by atoms with Crippen molar-refractivity contribution in [1.29, 1.82) is 0 Å². The zero-order chi connectivity index (χ0) is 23.5. The summed E-state index contributed by atoms with van der Waals surface area (Å²) in [7, 11) is 0. The minimum absolute atomic E-state index is 0.102. The lowest BCUT2D eigenvalue weighted by atomic mass is 10.1. The van der Waals surface area contributed by atoms with Crippen molar-refractivity contribution in [2.45, 2.75) is 19.1 Å². The zero-order valence-electron chi connectivity index (χ0n) is 16.7. The Morgan fingerprint density at radius 3 is 2.21 bits per heavy atom. The van der Waals surface area contributed by atoms with Gasteiger partial charge in [-0.15, -0.1) is 23.4 Å². The van der Waals surface area contributed by atoms with E-state index < -0.39 is 19.1 Å². The molecular weight excluding hydrogens is 445 g/mol. The van der Waals surface area contributed by atoms with Crippen molar-refractivity contribution in [3.05, 3.63) is 84.3 Å². The van der Waals surface area contributed by atoms with E-state index in [0.29, 0.717) is 22.3 Å². The van der Waals surface area contributed by atoms with E-state index in [-0.39, 0.29) is 11.6 Å². The number of ether oxygens (including phenoxy) is 2. The van der Waals surface area contributed by atoms with Crippen LogP contribution >= 0.6 is 0 Å². The lowest BCUT2D eigenvalue weighted by Gasteiger charge is -2.10. The highest BCUT2D eigenvalue weighted by Gasteiger charge is 2.31. The number of rotatable bonds is 5. The van der Waals surface area contributed by atoms with Crippen molar-refractivity contribution >= 4 is 5.65 Å². The summed E-state index contributed by atoms with van der Waals surface area (Å²) < 4.78 is 75.1. The van der Waals surface area contributed by atoms with E-state index in [4.69, 9.17) is 0 Å². The SMILES string of the molecule is FC(F)(F)Oc1ccc(-c2ccc3nnc(COC(F)(F)C#Cc4ccccc4)n3c2)cc1. The molecular formula is C23H14F5N3O2. The first-order chi connectivity index (χ1) is 15.7. The third-order valence-corrected chi connectivity index (χ3v) is 4.40. The molecule has 10 heteroatoms. The molecule has 0 fully saturated rings. The van der Waals surface area contributed by atoms with E-state index in [1.807, 2.05) is 0 Å². The number of halogens is 5. The fourth-order valence-corrected chi connectivity index (χ4v) is 2.91. The summed E-state index contributed by atoms with van der Waals surface area (Å²) in [5.41, 5.74) is 1.97. The molecule has 0 saturated heterocycles. The molecule has 0 aliphatic heterocycles. The number of fused-ring (bicyclic) bond motifs is 1. The summed E-state index contributed by atoms with van der Waals surface area (Å²) >= 11 is 0. The molecule has 2 aromatic heterocycles. The number of hydrogen-bond acceptors (Lipinski definition) is 4. The van der Waals surface area contributed by atoms with Crippen molar-refractivity contribution < 1.29 is 31.4 Å². The molecule has 0 bridgehead atoms. The van der Waals surface area contributed by atoms with Crippen molar-refractivity contribution in [2.75, 3.05) is 0 Å². The maximum Gasteiger partial charge on any atom is 0.573 e. The Bertz CT molecular complexity index is 1310. The molecule has 2 aromatic carbocycles. The summed E-state index contributed by atoms with van der Waals surface area (Å²) in [4.78, 5) is 0. The first kappa shape index (κ1) is 22.2. The van der Waals surface area contributed by atoms with Crippen LogP contribution in [-0.4, -0.2) is 27.1 Å². The average molecular weight is 459 g/mol. The van der Waals surface area contributed by atoms with E-state index in [2.05, 4.69) is 25.6 Å². The fourth-order valence-electron chi connectivity index (χ4n) is 2.91. The number of alkyl halides is 5. The Kier molecular flexibility index (Phi) is 5.98. The molecule has 0 unspecified atom stereocenters. The van der Waals surface area contributed by atoms with Gasteiger partial charge in [0.2, 0.25) is 0 Å². The molecule has 0 radical (unpaired) electrons. The lowest BCUT2D eigenvalue weighted by molar-refractivity contribution is -0.274. The van der Waals surface area contributed by atoms with Crippen LogP contribution in [0.2, 0.25) is 0 Å². The minimum Gasteiger partial charge on any atom is -0.406 e. The molecule has 2 heterocycles. The van der Waals surface area contributed by atoms with Crippen LogP contribution in [0.3, 0.4) is 0 Å². The summed E-state index contributed by atoms with van der Waals surface area (Å²) in [6.07, 6.45) is -6.93. The molecule has 0 atom stereocenters. The summed E-state index contributed by atoms with van der Waals surface area (Å²) in [5, 5.41) is 7.78. The number of benzene rings is 2. The van der Waals surface area contributed by atoms with Crippen LogP contribution in [0.1, 0.15) is 11.4 Å². The molecule has 0 N–H and O–H groups in total. The van der Waals surface area contributed by atoms with Gasteiger partial charge in [-0.2, -0.15) is 8.78 Å². The quantitative estimate of drug-likeness (QED) is 0.294. The van der Waals surface area contributed by atoms with Crippen LogP contribution in [0.25, 0.3) is 16.8 Å². The normalized spacial score (nSPS) is 11.8. The average Bonchev–Trinajstić information content (AvgIpc) is 3.19. The van der Waals surface area contributed by atoms with Crippen LogP contribution in [0.15, 0.2) is 72.9 Å². The molecule has 33 heavy (non-hydrogen) atoms. The minimum atomic E-state index is -4.79. The molecule has 0 spiro atoms. The third-order valence-electron chi connectivity index (χ3n) is 4.40. The van der Waals surface area contributed by atoms with Crippen molar-refractivity contribution in [3.8, 4) is 28.7 Å². The zero-order valence-corrected chi connectivity index (χ0v) is 16.7. The lowest BCUT2D eigenvalue weighted by Crippen LogP contribution is -2.19. The fraction of sp³-hybridized carbons (Fsp3) is 0.130. The highest BCUT2D eigenvalue weighted by atomic mass is 19.4. The van der Waals surface area contributed by atoms with Gasteiger partial charge in [0.15, 0.2) is 11.5 Å². The number of nitrogens with zero attached hydrogens (tertiary/aromatic N) is 3. The predicted molar refractivity (Wildman–Crippen MR) is 108 cm³/mol. The van der Waals surface area contributed by atoms with Crippen LogP contribution in [0.5, 0.6) is 5.75 Å². The van der Waals surface area contributed by atoms with Gasteiger partial charge in [-0.25, -0.2) is 0 Å². The molecule has 0 aliphatic rings. The Labute approximate surface area is 184 Å². The first-order valence-corrected chi connectivity index (χ1v) is 9.48. The van der Waals surface area contributed by atoms with Gasteiger partial charge in [0, 0.05) is 17.7 Å². The number of aromatic nitrogens is 3. The van der Waals surface area contributed by atoms with E-state index in [0.717, 1.165) is 0 Å². The molecule has 4 rings (SSSR count). The van der Waals surface area contributed by atoms with Crippen LogP contribution < -0.4 is 4.74 Å².